The second kappa shape index (κ2) is 8.28. The number of hydrogen-bond donors (Lipinski definition) is 1. The number of anilines is 2. The molecule has 1 fully saturated rings. The molecule has 4 rings (SSSR count). The minimum atomic E-state index is -0.0542. The molecule has 27 heavy (non-hydrogen) atoms. The summed E-state index contributed by atoms with van der Waals surface area (Å²) < 4.78 is 7.02. The lowest BCUT2D eigenvalue weighted by molar-refractivity contribution is -0.116. The van der Waals surface area contributed by atoms with E-state index in [4.69, 9.17) is 9.72 Å². The Bertz CT molecular complexity index is 872. The average molecular weight is 384 g/mol. The number of rotatable bonds is 6. The summed E-state index contributed by atoms with van der Waals surface area (Å²) in [5.41, 5.74) is 2.75. The Morgan fingerprint density at radius 1 is 1.22 bits per heavy atom. The molecule has 0 aliphatic carbocycles. The number of morpholine rings is 1. The molecule has 3 heterocycles. The van der Waals surface area contributed by atoms with Gasteiger partial charge in [0.25, 0.3) is 0 Å². The van der Waals surface area contributed by atoms with E-state index in [2.05, 4.69) is 25.7 Å². The summed E-state index contributed by atoms with van der Waals surface area (Å²) in [5.74, 6) is -0.0542. The first-order valence-corrected chi connectivity index (χ1v) is 9.67. The second-order valence-electron chi connectivity index (χ2n) is 6.15. The Morgan fingerprint density at radius 3 is 2.78 bits per heavy atom. The minimum absolute atomic E-state index is 0.0542. The Hall–Kier alpha value is -2.78. The van der Waals surface area contributed by atoms with Crippen LogP contribution in [0.4, 0.5) is 10.8 Å². The van der Waals surface area contributed by atoms with Crippen LogP contribution in [-0.2, 0) is 16.1 Å². The summed E-state index contributed by atoms with van der Waals surface area (Å²) >= 11 is 1.65. The number of nitrogens with one attached hydrogen (secondary N) is 1. The quantitative estimate of drug-likeness (QED) is 0.702. The first-order valence-electron chi connectivity index (χ1n) is 8.79. The summed E-state index contributed by atoms with van der Waals surface area (Å²) in [4.78, 5) is 22.9. The summed E-state index contributed by atoms with van der Waals surface area (Å²) in [5, 5.41) is 9.98. The molecule has 1 saturated heterocycles. The number of hydrogen-bond acceptors (Lipinski definition) is 7. The van der Waals surface area contributed by atoms with E-state index in [0.29, 0.717) is 13.0 Å². The zero-order valence-corrected chi connectivity index (χ0v) is 15.6. The zero-order valence-electron chi connectivity index (χ0n) is 14.7. The van der Waals surface area contributed by atoms with Crippen LogP contribution < -0.4 is 10.2 Å². The monoisotopic (exact) mass is 384 g/mol. The summed E-state index contributed by atoms with van der Waals surface area (Å²) in [6.45, 7) is 3.77. The van der Waals surface area contributed by atoms with Gasteiger partial charge in [-0.05, 0) is 12.1 Å². The smallest absolute Gasteiger partial charge is 0.226 e. The minimum Gasteiger partial charge on any atom is -0.378 e. The van der Waals surface area contributed by atoms with Gasteiger partial charge in [-0.25, -0.2) is 9.97 Å². The SMILES string of the molecule is O=C(CCn1cncn1)Nc1ccc(-c2csc(N3CCOCC3)n2)cc1. The number of ether oxygens (including phenoxy) is 1. The van der Waals surface area contributed by atoms with Crippen molar-refractivity contribution in [2.45, 2.75) is 13.0 Å². The molecule has 8 nitrogen and oxygen atoms in total. The van der Waals surface area contributed by atoms with Crippen LogP contribution >= 0.6 is 11.3 Å². The molecule has 2 aromatic heterocycles. The van der Waals surface area contributed by atoms with Gasteiger partial charge < -0.3 is 15.0 Å². The fraction of sp³-hybridized carbons (Fsp3) is 0.333. The summed E-state index contributed by atoms with van der Waals surface area (Å²) in [6.07, 6.45) is 3.40. The van der Waals surface area contributed by atoms with Crippen molar-refractivity contribution in [2.24, 2.45) is 0 Å². The van der Waals surface area contributed by atoms with Gasteiger partial charge in [0.2, 0.25) is 5.91 Å². The average Bonchev–Trinajstić information content (AvgIpc) is 3.40. The van der Waals surface area contributed by atoms with E-state index in [1.165, 1.54) is 6.33 Å². The van der Waals surface area contributed by atoms with E-state index < -0.39 is 0 Å². The lowest BCUT2D eigenvalue weighted by Crippen LogP contribution is -2.36. The number of benzene rings is 1. The van der Waals surface area contributed by atoms with E-state index in [1.54, 1.807) is 22.3 Å². The molecular weight excluding hydrogens is 364 g/mol. The molecule has 1 amide bonds. The zero-order chi connectivity index (χ0) is 18.5. The number of carbonyl (C=O) groups excluding carboxylic acids is 1. The fourth-order valence-electron chi connectivity index (χ4n) is 2.81. The van der Waals surface area contributed by atoms with Crippen molar-refractivity contribution in [2.75, 3.05) is 36.5 Å². The van der Waals surface area contributed by atoms with Crippen molar-refractivity contribution in [3.05, 3.63) is 42.3 Å². The van der Waals surface area contributed by atoms with E-state index in [9.17, 15) is 4.79 Å². The van der Waals surface area contributed by atoms with Gasteiger partial charge in [0, 0.05) is 36.1 Å². The standard InChI is InChI=1S/C18H20N6O2S/c25-17(5-6-24-13-19-12-20-24)21-15-3-1-14(2-4-15)16-11-27-18(22-16)23-7-9-26-10-8-23/h1-4,11-13H,5-10H2,(H,21,25). The molecule has 9 heteroatoms. The first kappa shape index (κ1) is 17.6. The number of thiazole rings is 1. The number of carbonyl (C=O) groups is 1. The molecule has 1 aliphatic heterocycles. The fourth-order valence-corrected chi connectivity index (χ4v) is 3.70. The highest BCUT2D eigenvalue weighted by Gasteiger charge is 2.15. The molecule has 0 spiro atoms. The normalized spacial score (nSPS) is 14.3. The predicted molar refractivity (Wildman–Crippen MR) is 104 cm³/mol. The highest BCUT2D eigenvalue weighted by atomic mass is 32.1. The molecule has 1 aromatic carbocycles. The van der Waals surface area contributed by atoms with Gasteiger partial charge in [-0.15, -0.1) is 11.3 Å². The molecule has 0 radical (unpaired) electrons. The number of aromatic nitrogens is 4. The van der Waals surface area contributed by atoms with Gasteiger partial charge in [0.1, 0.15) is 12.7 Å². The van der Waals surface area contributed by atoms with E-state index in [-0.39, 0.29) is 5.91 Å². The third kappa shape index (κ3) is 4.50. The second-order valence-corrected chi connectivity index (χ2v) is 6.99. The van der Waals surface area contributed by atoms with Crippen LogP contribution in [-0.4, -0.2) is 52.0 Å². The van der Waals surface area contributed by atoms with Gasteiger partial charge in [-0.2, -0.15) is 5.10 Å². The molecule has 0 bridgehead atoms. The first-order chi connectivity index (χ1) is 13.3. The van der Waals surface area contributed by atoms with Gasteiger partial charge in [-0.1, -0.05) is 12.1 Å². The van der Waals surface area contributed by atoms with Gasteiger partial charge in [0.05, 0.1) is 25.5 Å². The van der Waals surface area contributed by atoms with Gasteiger partial charge in [-0.3, -0.25) is 9.48 Å². The van der Waals surface area contributed by atoms with E-state index in [0.717, 1.165) is 48.4 Å². The Morgan fingerprint density at radius 2 is 2.04 bits per heavy atom. The molecule has 1 N–H and O–H groups in total. The van der Waals surface area contributed by atoms with Crippen LogP contribution in [0.3, 0.4) is 0 Å². The van der Waals surface area contributed by atoms with E-state index in [1.807, 2.05) is 24.3 Å². The van der Waals surface area contributed by atoms with Crippen molar-refractivity contribution >= 4 is 28.1 Å². The number of nitrogens with zero attached hydrogens (tertiary/aromatic N) is 5. The lowest BCUT2D eigenvalue weighted by Gasteiger charge is -2.26. The topological polar surface area (TPSA) is 85.2 Å². The summed E-state index contributed by atoms with van der Waals surface area (Å²) in [6, 6.07) is 7.75. The van der Waals surface area contributed by atoms with Crippen molar-refractivity contribution < 1.29 is 9.53 Å². The van der Waals surface area contributed by atoms with E-state index >= 15 is 0 Å². The van der Waals surface area contributed by atoms with Crippen LogP contribution in [0.5, 0.6) is 0 Å². The number of amides is 1. The van der Waals surface area contributed by atoms with Crippen molar-refractivity contribution in [3.63, 3.8) is 0 Å². The Labute approximate surface area is 160 Å². The molecule has 0 atom stereocenters. The highest BCUT2D eigenvalue weighted by molar-refractivity contribution is 7.14. The Kier molecular flexibility index (Phi) is 5.40. The maximum atomic E-state index is 12.0. The lowest BCUT2D eigenvalue weighted by atomic mass is 10.1. The van der Waals surface area contributed by atoms with Crippen LogP contribution in [0, 0.1) is 0 Å². The predicted octanol–water partition coefficient (Wildman–Crippen LogP) is 2.27. The Balaban J connectivity index is 1.34. The van der Waals surface area contributed by atoms with Gasteiger partial charge in [0.15, 0.2) is 5.13 Å². The maximum Gasteiger partial charge on any atom is 0.226 e. The van der Waals surface area contributed by atoms with Gasteiger partial charge >= 0.3 is 0 Å². The maximum absolute atomic E-state index is 12.0. The third-order valence-electron chi connectivity index (χ3n) is 4.27. The largest absolute Gasteiger partial charge is 0.378 e. The molecule has 140 valence electrons. The van der Waals surface area contributed by atoms with Crippen molar-refractivity contribution in [1.29, 1.82) is 0 Å². The van der Waals surface area contributed by atoms with Crippen LogP contribution in [0.2, 0.25) is 0 Å². The molecule has 0 unspecified atom stereocenters. The molecule has 3 aromatic rings. The van der Waals surface area contributed by atoms with Crippen molar-refractivity contribution in [1.82, 2.24) is 19.7 Å². The van der Waals surface area contributed by atoms with Crippen LogP contribution in [0.25, 0.3) is 11.3 Å². The molecular formula is C18H20N6O2S. The molecule has 1 aliphatic rings. The van der Waals surface area contributed by atoms with Crippen molar-refractivity contribution in [3.8, 4) is 11.3 Å². The van der Waals surface area contributed by atoms with Crippen LogP contribution in [0.15, 0.2) is 42.3 Å². The molecule has 0 saturated carbocycles. The number of aryl methyl sites for hydroxylation is 1. The van der Waals surface area contributed by atoms with Crippen LogP contribution in [0.1, 0.15) is 6.42 Å². The summed E-state index contributed by atoms with van der Waals surface area (Å²) in [7, 11) is 0. The third-order valence-corrected chi connectivity index (χ3v) is 5.17. The highest BCUT2D eigenvalue weighted by Crippen LogP contribution is 2.28.